The number of carbonyl (C=O) groups is 2. The fourth-order valence-corrected chi connectivity index (χ4v) is 6.44. The Morgan fingerprint density at radius 3 is 1.95 bits per heavy atom. The summed E-state index contributed by atoms with van der Waals surface area (Å²) in [7, 11) is 0. The molecule has 41 heavy (non-hydrogen) atoms. The molecular formula is C34H31NO5S. The molecule has 0 aliphatic carbocycles. The Kier molecular flexibility index (Phi) is 8.03. The van der Waals surface area contributed by atoms with Crippen LogP contribution in [0.1, 0.15) is 62.3 Å². The van der Waals surface area contributed by atoms with Gasteiger partial charge in [-0.25, -0.2) is 0 Å². The van der Waals surface area contributed by atoms with Gasteiger partial charge in [0.1, 0.15) is 0 Å². The van der Waals surface area contributed by atoms with Crippen molar-refractivity contribution in [3.05, 3.63) is 137 Å². The van der Waals surface area contributed by atoms with Crippen LogP contribution >= 0.6 is 11.8 Å². The molecule has 208 valence electrons. The molecule has 1 N–H and O–H groups in total. The molecule has 2 aliphatic rings. The first-order valence-electron chi connectivity index (χ1n) is 13.7. The van der Waals surface area contributed by atoms with E-state index in [1.807, 2.05) is 66.7 Å². The van der Waals surface area contributed by atoms with Crippen LogP contribution in [-0.2, 0) is 22.6 Å². The van der Waals surface area contributed by atoms with Crippen molar-refractivity contribution in [3.8, 4) is 0 Å². The van der Waals surface area contributed by atoms with Crippen LogP contribution < -0.4 is 0 Å². The van der Waals surface area contributed by atoms with Crippen LogP contribution in [0.15, 0.2) is 108 Å². The predicted octanol–water partition coefficient (Wildman–Crippen LogP) is 6.56. The molecule has 7 heteroatoms. The number of imide groups is 1. The van der Waals surface area contributed by atoms with Crippen molar-refractivity contribution >= 4 is 23.6 Å². The first kappa shape index (κ1) is 27.4. The summed E-state index contributed by atoms with van der Waals surface area (Å²) in [5.74, 6) is 0.331. The zero-order valence-electron chi connectivity index (χ0n) is 22.7. The summed E-state index contributed by atoms with van der Waals surface area (Å²) in [6, 6.07) is 32.8. The molecular weight excluding hydrogens is 534 g/mol. The highest BCUT2D eigenvalue weighted by Gasteiger charge is 2.39. The molecule has 2 heterocycles. The van der Waals surface area contributed by atoms with E-state index in [0.717, 1.165) is 28.0 Å². The van der Waals surface area contributed by atoms with Gasteiger partial charge >= 0.3 is 0 Å². The van der Waals surface area contributed by atoms with E-state index >= 15 is 0 Å². The van der Waals surface area contributed by atoms with Gasteiger partial charge in [-0.3, -0.25) is 14.5 Å². The Morgan fingerprint density at radius 1 is 0.732 bits per heavy atom. The third kappa shape index (κ3) is 5.72. The lowest BCUT2D eigenvalue weighted by Gasteiger charge is -2.41. The van der Waals surface area contributed by atoms with Crippen molar-refractivity contribution in [2.45, 2.75) is 43.5 Å². The highest BCUT2D eigenvalue weighted by molar-refractivity contribution is 7.99. The van der Waals surface area contributed by atoms with Gasteiger partial charge in [-0.1, -0.05) is 85.8 Å². The SMILES string of the molecule is C[C@H]1[C@@H](CSc2ccccc2)O[C@@H](c2ccc(CN3C(=O)c4ccccc4C3=O)cc2)O[C@H]1c1ccc(CO)cc1. The maximum atomic E-state index is 12.8. The van der Waals surface area contributed by atoms with Crippen molar-refractivity contribution in [2.75, 3.05) is 5.75 Å². The largest absolute Gasteiger partial charge is 0.392 e. The quantitative estimate of drug-likeness (QED) is 0.193. The normalized spacial score (nSPS) is 22.1. The van der Waals surface area contributed by atoms with E-state index in [2.05, 4.69) is 19.1 Å². The second-order valence-corrected chi connectivity index (χ2v) is 11.5. The zero-order chi connectivity index (χ0) is 28.3. The average Bonchev–Trinajstić information content (AvgIpc) is 3.26. The fraction of sp³-hybridized carbons (Fsp3) is 0.235. The van der Waals surface area contributed by atoms with Gasteiger partial charge in [0.25, 0.3) is 11.8 Å². The van der Waals surface area contributed by atoms with E-state index in [4.69, 9.17) is 9.47 Å². The van der Waals surface area contributed by atoms with Crippen molar-refractivity contribution in [3.63, 3.8) is 0 Å². The van der Waals surface area contributed by atoms with Crippen LogP contribution in [-0.4, -0.2) is 33.7 Å². The minimum Gasteiger partial charge on any atom is -0.392 e. The Bertz CT molecular complexity index is 1490. The second-order valence-electron chi connectivity index (χ2n) is 10.4. The van der Waals surface area contributed by atoms with Crippen LogP contribution in [0.2, 0.25) is 0 Å². The van der Waals surface area contributed by atoms with Crippen LogP contribution in [0.3, 0.4) is 0 Å². The molecule has 6 rings (SSSR count). The average molecular weight is 566 g/mol. The van der Waals surface area contributed by atoms with E-state index in [1.54, 1.807) is 36.0 Å². The van der Waals surface area contributed by atoms with Crippen LogP contribution in [0, 0.1) is 5.92 Å². The van der Waals surface area contributed by atoms with E-state index in [9.17, 15) is 14.7 Å². The van der Waals surface area contributed by atoms with Crippen molar-refractivity contribution < 1.29 is 24.2 Å². The maximum Gasteiger partial charge on any atom is 0.261 e. The number of aliphatic hydroxyl groups excluding tert-OH is 1. The lowest BCUT2D eigenvalue weighted by atomic mass is 9.91. The van der Waals surface area contributed by atoms with Gasteiger partial charge in [0.15, 0.2) is 6.29 Å². The molecule has 1 saturated heterocycles. The minimum atomic E-state index is -0.580. The Balaban J connectivity index is 1.21. The topological polar surface area (TPSA) is 76.1 Å². The molecule has 0 bridgehead atoms. The highest BCUT2D eigenvalue weighted by atomic mass is 32.2. The summed E-state index contributed by atoms with van der Waals surface area (Å²) in [5, 5.41) is 9.49. The number of benzene rings is 4. The van der Waals surface area contributed by atoms with Crippen molar-refractivity contribution in [2.24, 2.45) is 5.92 Å². The first-order chi connectivity index (χ1) is 20.0. The molecule has 0 radical (unpaired) electrons. The third-order valence-corrected chi connectivity index (χ3v) is 8.85. The van der Waals surface area contributed by atoms with Crippen LogP contribution in [0.5, 0.6) is 0 Å². The van der Waals surface area contributed by atoms with Crippen LogP contribution in [0.25, 0.3) is 0 Å². The van der Waals surface area contributed by atoms with E-state index in [1.165, 1.54) is 9.80 Å². The lowest BCUT2D eigenvalue weighted by molar-refractivity contribution is -0.268. The summed E-state index contributed by atoms with van der Waals surface area (Å²) >= 11 is 1.76. The number of thioether (sulfide) groups is 1. The minimum absolute atomic E-state index is 0.00348. The molecule has 4 atom stereocenters. The van der Waals surface area contributed by atoms with Gasteiger partial charge in [-0.15, -0.1) is 11.8 Å². The molecule has 0 unspecified atom stereocenters. The number of nitrogens with zero attached hydrogens (tertiary/aromatic N) is 1. The van der Waals surface area contributed by atoms with E-state index in [0.29, 0.717) is 11.1 Å². The smallest absolute Gasteiger partial charge is 0.261 e. The zero-order valence-corrected chi connectivity index (χ0v) is 23.5. The Labute approximate surface area is 243 Å². The van der Waals surface area contributed by atoms with Gasteiger partial charge in [0.2, 0.25) is 0 Å². The van der Waals surface area contributed by atoms with Gasteiger partial charge in [0, 0.05) is 22.1 Å². The van der Waals surface area contributed by atoms with E-state index in [-0.39, 0.29) is 43.1 Å². The summed E-state index contributed by atoms with van der Waals surface area (Å²) < 4.78 is 13.1. The van der Waals surface area contributed by atoms with Crippen molar-refractivity contribution in [1.29, 1.82) is 0 Å². The summed E-state index contributed by atoms with van der Waals surface area (Å²) in [4.78, 5) is 28.1. The lowest BCUT2D eigenvalue weighted by Crippen LogP contribution is -2.38. The van der Waals surface area contributed by atoms with Crippen molar-refractivity contribution in [1.82, 2.24) is 4.90 Å². The van der Waals surface area contributed by atoms with Gasteiger partial charge < -0.3 is 14.6 Å². The number of ether oxygens (including phenoxy) is 2. The Morgan fingerprint density at radius 2 is 1.32 bits per heavy atom. The highest BCUT2D eigenvalue weighted by Crippen LogP contribution is 2.43. The number of rotatable bonds is 8. The number of fused-ring (bicyclic) bond motifs is 1. The maximum absolute atomic E-state index is 12.8. The number of amides is 2. The predicted molar refractivity (Wildman–Crippen MR) is 157 cm³/mol. The molecule has 2 amide bonds. The summed E-state index contributed by atoms with van der Waals surface area (Å²) in [6.07, 6.45) is -0.844. The first-order valence-corrected chi connectivity index (χ1v) is 14.7. The van der Waals surface area contributed by atoms with Crippen LogP contribution in [0.4, 0.5) is 0 Å². The van der Waals surface area contributed by atoms with E-state index < -0.39 is 6.29 Å². The molecule has 0 spiro atoms. The number of carbonyl (C=O) groups excluding carboxylic acids is 2. The molecule has 4 aromatic carbocycles. The fourth-order valence-electron chi connectivity index (χ4n) is 5.35. The van der Waals surface area contributed by atoms with Gasteiger partial charge in [-0.2, -0.15) is 0 Å². The number of aliphatic hydroxyl groups is 1. The molecule has 6 nitrogen and oxygen atoms in total. The summed E-state index contributed by atoms with van der Waals surface area (Å²) in [6.45, 7) is 2.35. The number of hydrogen-bond donors (Lipinski definition) is 1. The molecule has 1 fully saturated rings. The third-order valence-electron chi connectivity index (χ3n) is 7.75. The van der Waals surface area contributed by atoms with Gasteiger partial charge in [0.05, 0.1) is 36.5 Å². The summed E-state index contributed by atoms with van der Waals surface area (Å²) in [5.41, 5.74) is 4.51. The molecule has 0 saturated carbocycles. The molecule has 4 aromatic rings. The Hall–Kier alpha value is -3.75. The van der Waals surface area contributed by atoms with Gasteiger partial charge in [-0.05, 0) is 41.0 Å². The molecule has 0 aromatic heterocycles. The number of hydrogen-bond acceptors (Lipinski definition) is 6. The monoisotopic (exact) mass is 565 g/mol. The standard InChI is InChI=1S/C34H31NO5S/c1-22-30(21-41-27-7-3-2-4-8-27)39-34(40-31(22)25-15-13-24(20-36)14-16-25)26-17-11-23(12-18-26)19-35-32(37)28-9-5-6-10-29(28)33(35)38/h2-18,22,30-31,34,36H,19-21H2,1H3/t22-,30+,31+,34+/m0/s1. The second kappa shape index (κ2) is 12.0. The molecule has 2 aliphatic heterocycles.